The van der Waals surface area contributed by atoms with Gasteiger partial charge in [-0.15, -0.1) is 0 Å². The molecule has 0 aliphatic carbocycles. The molecule has 1 atom stereocenters. The van der Waals surface area contributed by atoms with Gasteiger partial charge in [-0.05, 0) is 70.7 Å². The molecule has 0 amide bonds. The molecular weight excluding hydrogens is 384 g/mol. The first-order valence-corrected chi connectivity index (χ1v) is 7.98. The van der Waals surface area contributed by atoms with E-state index in [-0.39, 0.29) is 0 Å². The molecular formula is C16H16Br2O2. The highest BCUT2D eigenvalue weighted by molar-refractivity contribution is 9.10. The largest absolute Gasteiger partial charge is 0.493 e. The first-order valence-electron chi connectivity index (χ1n) is 6.39. The van der Waals surface area contributed by atoms with Crippen LogP contribution >= 0.6 is 31.9 Å². The first-order chi connectivity index (χ1) is 9.52. The fourth-order valence-corrected chi connectivity index (χ4v) is 3.07. The number of benzene rings is 2. The van der Waals surface area contributed by atoms with Gasteiger partial charge in [0, 0.05) is 4.47 Å². The van der Waals surface area contributed by atoms with Gasteiger partial charge in [0.1, 0.15) is 11.9 Å². The number of halogens is 2. The maximum absolute atomic E-state index is 10.5. The van der Waals surface area contributed by atoms with Crippen molar-refractivity contribution in [1.82, 2.24) is 0 Å². The summed E-state index contributed by atoms with van der Waals surface area (Å²) in [6.45, 7) is 4.56. The van der Waals surface area contributed by atoms with Crippen LogP contribution in [0.2, 0.25) is 0 Å². The number of aryl methyl sites for hydroxylation is 1. The van der Waals surface area contributed by atoms with Crippen LogP contribution in [0.5, 0.6) is 5.75 Å². The van der Waals surface area contributed by atoms with Crippen molar-refractivity contribution in [2.45, 2.75) is 20.0 Å². The second-order valence-corrected chi connectivity index (χ2v) is 6.30. The maximum atomic E-state index is 10.5. The van der Waals surface area contributed by atoms with Crippen LogP contribution in [0.25, 0.3) is 0 Å². The van der Waals surface area contributed by atoms with Gasteiger partial charge in [-0.1, -0.05) is 28.1 Å². The minimum absolute atomic E-state index is 0.617. The third-order valence-corrected chi connectivity index (χ3v) is 4.21. The molecule has 0 radical (unpaired) electrons. The summed E-state index contributed by atoms with van der Waals surface area (Å²) < 4.78 is 7.35. The molecule has 20 heavy (non-hydrogen) atoms. The van der Waals surface area contributed by atoms with Gasteiger partial charge in [0.15, 0.2) is 0 Å². The van der Waals surface area contributed by atoms with Crippen LogP contribution in [0, 0.1) is 6.92 Å². The lowest BCUT2D eigenvalue weighted by atomic mass is 9.97. The van der Waals surface area contributed by atoms with Crippen molar-refractivity contribution in [3.8, 4) is 5.75 Å². The third-order valence-electron chi connectivity index (χ3n) is 3.10. The van der Waals surface area contributed by atoms with Gasteiger partial charge in [-0.25, -0.2) is 0 Å². The topological polar surface area (TPSA) is 29.5 Å². The number of ether oxygens (including phenoxy) is 1. The number of aliphatic hydroxyl groups excluding tert-OH is 1. The molecule has 2 aromatic carbocycles. The van der Waals surface area contributed by atoms with E-state index in [4.69, 9.17) is 4.74 Å². The average Bonchev–Trinajstić information content (AvgIpc) is 2.40. The van der Waals surface area contributed by atoms with Crippen LogP contribution < -0.4 is 4.74 Å². The van der Waals surface area contributed by atoms with Gasteiger partial charge >= 0.3 is 0 Å². The zero-order valence-corrected chi connectivity index (χ0v) is 14.5. The van der Waals surface area contributed by atoms with Gasteiger partial charge in [0.2, 0.25) is 0 Å². The Labute approximate surface area is 136 Å². The first kappa shape index (κ1) is 15.5. The summed E-state index contributed by atoms with van der Waals surface area (Å²) in [7, 11) is 0. The molecule has 0 saturated heterocycles. The summed E-state index contributed by atoms with van der Waals surface area (Å²) in [6.07, 6.45) is -0.643. The minimum Gasteiger partial charge on any atom is -0.493 e. The summed E-state index contributed by atoms with van der Waals surface area (Å²) in [6, 6.07) is 11.5. The molecule has 0 aliphatic rings. The second-order valence-electron chi connectivity index (χ2n) is 4.53. The molecule has 0 saturated carbocycles. The number of hydrogen-bond acceptors (Lipinski definition) is 2. The van der Waals surface area contributed by atoms with Crippen molar-refractivity contribution >= 4 is 31.9 Å². The van der Waals surface area contributed by atoms with E-state index in [0.717, 1.165) is 31.4 Å². The van der Waals surface area contributed by atoms with Crippen LogP contribution in [-0.2, 0) is 0 Å². The van der Waals surface area contributed by atoms with E-state index in [1.54, 1.807) is 0 Å². The van der Waals surface area contributed by atoms with Crippen molar-refractivity contribution in [2.75, 3.05) is 6.61 Å². The molecule has 106 valence electrons. The van der Waals surface area contributed by atoms with Crippen molar-refractivity contribution in [3.63, 3.8) is 0 Å². The molecule has 0 aromatic heterocycles. The Morgan fingerprint density at radius 2 is 1.90 bits per heavy atom. The molecule has 2 aromatic rings. The number of aliphatic hydroxyl groups is 1. The van der Waals surface area contributed by atoms with E-state index in [2.05, 4.69) is 31.9 Å². The van der Waals surface area contributed by atoms with Crippen LogP contribution in [0.15, 0.2) is 45.3 Å². The molecule has 4 heteroatoms. The van der Waals surface area contributed by atoms with E-state index in [1.165, 1.54) is 0 Å². The number of rotatable bonds is 4. The second kappa shape index (κ2) is 6.74. The van der Waals surface area contributed by atoms with Gasteiger partial charge in [0.05, 0.1) is 11.1 Å². The average molecular weight is 400 g/mol. The highest BCUT2D eigenvalue weighted by atomic mass is 79.9. The predicted octanol–water partition coefficient (Wildman–Crippen LogP) is 5.00. The summed E-state index contributed by atoms with van der Waals surface area (Å²) in [5.41, 5.74) is 2.80. The number of hydrogen-bond donors (Lipinski definition) is 1. The Morgan fingerprint density at radius 3 is 2.50 bits per heavy atom. The fraction of sp³-hybridized carbons (Fsp3) is 0.250. The van der Waals surface area contributed by atoms with Crippen LogP contribution in [0.1, 0.15) is 29.7 Å². The van der Waals surface area contributed by atoms with E-state index in [9.17, 15) is 5.11 Å². The predicted molar refractivity (Wildman–Crippen MR) is 88.3 cm³/mol. The Balaban J connectivity index is 2.33. The molecule has 0 aliphatic heterocycles. The minimum atomic E-state index is -0.643. The standard InChI is InChI=1S/C16H16Br2O2/c1-3-20-15-7-4-11(9-14(15)18)16(19)13-6-5-12(17)8-10(13)2/h4-9,16,19H,3H2,1-2H3. The quantitative estimate of drug-likeness (QED) is 0.783. The maximum Gasteiger partial charge on any atom is 0.133 e. The molecule has 0 fully saturated rings. The van der Waals surface area contributed by atoms with Gasteiger partial charge in [0.25, 0.3) is 0 Å². The van der Waals surface area contributed by atoms with Crippen molar-refractivity contribution in [2.24, 2.45) is 0 Å². The van der Waals surface area contributed by atoms with Gasteiger partial charge in [-0.3, -0.25) is 0 Å². The lowest BCUT2D eigenvalue weighted by molar-refractivity contribution is 0.219. The molecule has 0 heterocycles. The van der Waals surface area contributed by atoms with Crippen LogP contribution in [-0.4, -0.2) is 11.7 Å². The molecule has 0 bridgehead atoms. The highest BCUT2D eigenvalue weighted by Crippen LogP contribution is 2.32. The van der Waals surface area contributed by atoms with Crippen molar-refractivity contribution in [1.29, 1.82) is 0 Å². The van der Waals surface area contributed by atoms with E-state index < -0.39 is 6.10 Å². The fourth-order valence-electron chi connectivity index (χ4n) is 2.09. The van der Waals surface area contributed by atoms with Crippen LogP contribution in [0.4, 0.5) is 0 Å². The molecule has 2 rings (SSSR count). The monoisotopic (exact) mass is 398 g/mol. The summed E-state index contributed by atoms with van der Waals surface area (Å²) in [4.78, 5) is 0. The summed E-state index contributed by atoms with van der Waals surface area (Å²) >= 11 is 6.91. The van der Waals surface area contributed by atoms with Gasteiger partial charge < -0.3 is 9.84 Å². The highest BCUT2D eigenvalue weighted by Gasteiger charge is 2.14. The summed E-state index contributed by atoms with van der Waals surface area (Å²) in [5, 5.41) is 10.5. The Morgan fingerprint density at radius 1 is 1.15 bits per heavy atom. The third kappa shape index (κ3) is 3.43. The zero-order valence-electron chi connectivity index (χ0n) is 11.4. The summed E-state index contributed by atoms with van der Waals surface area (Å²) in [5.74, 6) is 0.788. The van der Waals surface area contributed by atoms with E-state index in [0.29, 0.717) is 6.61 Å². The molecule has 1 unspecified atom stereocenters. The molecule has 2 nitrogen and oxygen atoms in total. The Bertz CT molecular complexity index is 611. The van der Waals surface area contributed by atoms with Crippen LogP contribution in [0.3, 0.4) is 0 Å². The SMILES string of the molecule is CCOc1ccc(C(O)c2ccc(Br)cc2C)cc1Br. The lowest BCUT2D eigenvalue weighted by Gasteiger charge is -2.16. The Kier molecular flexibility index (Phi) is 5.24. The Hall–Kier alpha value is -0.840. The van der Waals surface area contributed by atoms with E-state index >= 15 is 0 Å². The van der Waals surface area contributed by atoms with Gasteiger partial charge in [-0.2, -0.15) is 0 Å². The molecule has 0 spiro atoms. The van der Waals surface area contributed by atoms with E-state index in [1.807, 2.05) is 50.2 Å². The molecule has 1 N–H and O–H groups in total. The van der Waals surface area contributed by atoms with Crippen molar-refractivity contribution in [3.05, 3.63) is 62.0 Å². The normalized spacial score (nSPS) is 12.2. The zero-order chi connectivity index (χ0) is 14.7. The lowest BCUT2D eigenvalue weighted by Crippen LogP contribution is -2.02. The smallest absolute Gasteiger partial charge is 0.133 e. The van der Waals surface area contributed by atoms with Crippen molar-refractivity contribution < 1.29 is 9.84 Å².